The normalized spacial score (nSPS) is 12.7. The number of hydrogen-bond donors (Lipinski definition) is 1. The van der Waals surface area contributed by atoms with Crippen LogP contribution in [0.3, 0.4) is 0 Å². The zero-order chi connectivity index (χ0) is 12.7. The molecule has 0 radical (unpaired) electrons. The first-order valence-corrected chi connectivity index (χ1v) is 6.18. The molecule has 1 atom stereocenters. The Kier molecular flexibility index (Phi) is 5.84. The molecule has 1 unspecified atom stereocenters. The third kappa shape index (κ3) is 5.59. The monoisotopic (exact) mass is 237 g/mol. The lowest BCUT2D eigenvalue weighted by Gasteiger charge is -2.15. The molecule has 17 heavy (non-hydrogen) atoms. The van der Waals surface area contributed by atoms with Crippen molar-refractivity contribution in [3.8, 4) is 5.75 Å². The summed E-state index contributed by atoms with van der Waals surface area (Å²) in [5.41, 5.74) is 6.43. The minimum atomic E-state index is 0.284. The van der Waals surface area contributed by atoms with E-state index in [0.29, 0.717) is 24.8 Å². The van der Waals surface area contributed by atoms with Crippen molar-refractivity contribution in [2.45, 2.75) is 33.3 Å². The van der Waals surface area contributed by atoms with Gasteiger partial charge in [-0.2, -0.15) is 0 Å². The Morgan fingerprint density at radius 1 is 1.12 bits per heavy atom. The van der Waals surface area contributed by atoms with E-state index in [1.807, 2.05) is 24.3 Å². The number of nitrogen functional groups attached to an aromatic ring is 1. The topological polar surface area (TPSA) is 44.5 Å². The number of hydrogen-bond acceptors (Lipinski definition) is 3. The predicted octanol–water partition coefficient (Wildman–Crippen LogP) is 3.10. The Labute approximate surface area is 104 Å². The van der Waals surface area contributed by atoms with Crippen molar-refractivity contribution in [3.05, 3.63) is 24.3 Å². The SMILES string of the molecule is CC(C)CC(C)OCCOc1ccccc1N. The largest absolute Gasteiger partial charge is 0.489 e. The van der Waals surface area contributed by atoms with Gasteiger partial charge in [0, 0.05) is 0 Å². The maximum absolute atomic E-state index is 5.76. The molecule has 0 saturated heterocycles. The minimum Gasteiger partial charge on any atom is -0.489 e. The average Bonchev–Trinajstić information content (AvgIpc) is 2.25. The van der Waals surface area contributed by atoms with Crippen molar-refractivity contribution < 1.29 is 9.47 Å². The van der Waals surface area contributed by atoms with Gasteiger partial charge in [-0.25, -0.2) is 0 Å². The molecule has 1 rings (SSSR count). The van der Waals surface area contributed by atoms with E-state index < -0.39 is 0 Å². The molecule has 3 nitrogen and oxygen atoms in total. The van der Waals surface area contributed by atoms with Gasteiger partial charge in [-0.3, -0.25) is 0 Å². The smallest absolute Gasteiger partial charge is 0.142 e. The molecule has 1 aromatic carbocycles. The van der Waals surface area contributed by atoms with E-state index >= 15 is 0 Å². The maximum Gasteiger partial charge on any atom is 0.142 e. The molecular formula is C14H23NO2. The van der Waals surface area contributed by atoms with Gasteiger partial charge in [0.05, 0.1) is 18.4 Å². The summed E-state index contributed by atoms with van der Waals surface area (Å²) in [5.74, 6) is 1.39. The minimum absolute atomic E-state index is 0.284. The molecular weight excluding hydrogens is 214 g/mol. The average molecular weight is 237 g/mol. The second-order valence-electron chi connectivity index (χ2n) is 4.70. The van der Waals surface area contributed by atoms with Crippen molar-refractivity contribution in [2.75, 3.05) is 18.9 Å². The van der Waals surface area contributed by atoms with E-state index in [2.05, 4.69) is 20.8 Å². The first kappa shape index (κ1) is 13.8. The first-order chi connectivity index (χ1) is 8.09. The lowest BCUT2D eigenvalue weighted by atomic mass is 10.1. The lowest BCUT2D eigenvalue weighted by molar-refractivity contribution is 0.0332. The van der Waals surface area contributed by atoms with Gasteiger partial charge in [-0.05, 0) is 31.4 Å². The number of anilines is 1. The van der Waals surface area contributed by atoms with Crippen LogP contribution in [-0.4, -0.2) is 19.3 Å². The van der Waals surface area contributed by atoms with Crippen molar-refractivity contribution in [2.24, 2.45) is 5.92 Å². The molecule has 0 fully saturated rings. The number of para-hydroxylation sites is 2. The summed E-state index contributed by atoms with van der Waals surface area (Å²) >= 11 is 0. The molecule has 3 heteroatoms. The molecule has 0 amide bonds. The predicted molar refractivity (Wildman–Crippen MR) is 71.2 cm³/mol. The number of nitrogens with two attached hydrogens (primary N) is 1. The standard InChI is InChI=1S/C14H23NO2/c1-11(2)10-12(3)16-8-9-17-14-7-5-4-6-13(14)15/h4-7,11-12H,8-10,15H2,1-3H3. The van der Waals surface area contributed by atoms with E-state index in [1.165, 1.54) is 0 Å². The quantitative estimate of drug-likeness (QED) is 0.585. The third-order valence-corrected chi connectivity index (χ3v) is 2.47. The van der Waals surface area contributed by atoms with Crippen molar-refractivity contribution in [3.63, 3.8) is 0 Å². The molecule has 1 aromatic rings. The van der Waals surface area contributed by atoms with Crippen molar-refractivity contribution in [1.82, 2.24) is 0 Å². The van der Waals surface area contributed by atoms with Gasteiger partial charge in [0.2, 0.25) is 0 Å². The summed E-state index contributed by atoms with van der Waals surface area (Å²) in [6.45, 7) is 7.62. The van der Waals surface area contributed by atoms with Crippen LogP contribution in [-0.2, 0) is 4.74 Å². The van der Waals surface area contributed by atoms with Crippen LogP contribution >= 0.6 is 0 Å². The molecule has 0 aromatic heterocycles. The van der Waals surface area contributed by atoms with E-state index in [-0.39, 0.29) is 6.10 Å². The van der Waals surface area contributed by atoms with Gasteiger partial charge in [0.25, 0.3) is 0 Å². The molecule has 0 saturated carbocycles. The van der Waals surface area contributed by atoms with E-state index in [4.69, 9.17) is 15.2 Å². The molecule has 0 aliphatic heterocycles. The van der Waals surface area contributed by atoms with Crippen LogP contribution in [0.15, 0.2) is 24.3 Å². The zero-order valence-electron chi connectivity index (χ0n) is 11.0. The molecule has 0 bridgehead atoms. The number of ether oxygens (including phenoxy) is 2. The highest BCUT2D eigenvalue weighted by Crippen LogP contribution is 2.19. The highest BCUT2D eigenvalue weighted by Gasteiger charge is 2.05. The van der Waals surface area contributed by atoms with Gasteiger partial charge in [-0.15, -0.1) is 0 Å². The third-order valence-electron chi connectivity index (χ3n) is 2.47. The summed E-state index contributed by atoms with van der Waals surface area (Å²) in [6.07, 6.45) is 1.36. The second-order valence-corrected chi connectivity index (χ2v) is 4.70. The van der Waals surface area contributed by atoms with Gasteiger partial charge in [0.15, 0.2) is 0 Å². The van der Waals surface area contributed by atoms with Gasteiger partial charge in [0.1, 0.15) is 12.4 Å². The van der Waals surface area contributed by atoms with Crippen LogP contribution in [0, 0.1) is 5.92 Å². The number of benzene rings is 1. The Morgan fingerprint density at radius 3 is 2.47 bits per heavy atom. The fraction of sp³-hybridized carbons (Fsp3) is 0.571. The van der Waals surface area contributed by atoms with Gasteiger partial charge >= 0.3 is 0 Å². The summed E-state index contributed by atoms with van der Waals surface area (Å²) < 4.78 is 11.2. The summed E-state index contributed by atoms with van der Waals surface area (Å²) in [6, 6.07) is 7.50. The van der Waals surface area contributed by atoms with Crippen molar-refractivity contribution in [1.29, 1.82) is 0 Å². The maximum atomic E-state index is 5.76. The molecule has 0 aliphatic rings. The van der Waals surface area contributed by atoms with Crippen LogP contribution < -0.4 is 10.5 Å². The van der Waals surface area contributed by atoms with Gasteiger partial charge < -0.3 is 15.2 Å². The van der Waals surface area contributed by atoms with Crippen LogP contribution in [0.25, 0.3) is 0 Å². The van der Waals surface area contributed by atoms with E-state index in [1.54, 1.807) is 0 Å². The second kappa shape index (κ2) is 7.17. The summed E-state index contributed by atoms with van der Waals surface area (Å²) in [7, 11) is 0. The van der Waals surface area contributed by atoms with Crippen LogP contribution in [0.2, 0.25) is 0 Å². The van der Waals surface area contributed by atoms with E-state index in [0.717, 1.165) is 12.2 Å². The fourth-order valence-electron chi connectivity index (χ4n) is 1.74. The zero-order valence-corrected chi connectivity index (χ0v) is 11.0. The highest BCUT2D eigenvalue weighted by atomic mass is 16.5. The van der Waals surface area contributed by atoms with Crippen LogP contribution in [0.4, 0.5) is 5.69 Å². The summed E-state index contributed by atoms with van der Waals surface area (Å²) in [4.78, 5) is 0. The lowest BCUT2D eigenvalue weighted by Crippen LogP contribution is -2.16. The highest BCUT2D eigenvalue weighted by molar-refractivity contribution is 5.51. The van der Waals surface area contributed by atoms with Crippen molar-refractivity contribution >= 4 is 5.69 Å². The van der Waals surface area contributed by atoms with E-state index in [9.17, 15) is 0 Å². The number of rotatable bonds is 7. The molecule has 2 N–H and O–H groups in total. The molecule has 0 aliphatic carbocycles. The Balaban J connectivity index is 2.18. The molecule has 0 heterocycles. The Morgan fingerprint density at radius 2 is 1.82 bits per heavy atom. The first-order valence-electron chi connectivity index (χ1n) is 6.18. The Bertz CT molecular complexity index is 326. The van der Waals surface area contributed by atoms with Crippen LogP contribution in [0.1, 0.15) is 27.2 Å². The molecule has 0 spiro atoms. The Hall–Kier alpha value is -1.22. The summed E-state index contributed by atoms with van der Waals surface area (Å²) in [5, 5.41) is 0. The van der Waals surface area contributed by atoms with Gasteiger partial charge in [-0.1, -0.05) is 26.0 Å². The molecule has 96 valence electrons. The van der Waals surface area contributed by atoms with Crippen LogP contribution in [0.5, 0.6) is 5.75 Å². The fourth-order valence-corrected chi connectivity index (χ4v) is 1.74.